The number of aromatic nitrogens is 3. The second-order valence-electron chi connectivity index (χ2n) is 6.17. The summed E-state index contributed by atoms with van der Waals surface area (Å²) in [7, 11) is 1.70. The number of anilines is 1. The van der Waals surface area contributed by atoms with Crippen molar-refractivity contribution in [2.45, 2.75) is 31.7 Å². The maximum atomic E-state index is 5.64. The molecule has 0 saturated heterocycles. The van der Waals surface area contributed by atoms with E-state index in [-0.39, 0.29) is 0 Å². The van der Waals surface area contributed by atoms with Gasteiger partial charge < -0.3 is 19.0 Å². The number of nitrogens with zero attached hydrogens (tertiary/aromatic N) is 3. The molecule has 1 saturated carbocycles. The standard InChI is InChI=1S/C18H22N4O2/c1-23-12-10-19-14-8-9-20-18-16(14)21-17(15-7-4-11-24-15)22(18)13-5-2-3-6-13/h4,7-9,11,13H,2-3,5-6,10,12H2,1H3,(H,19,20). The monoisotopic (exact) mass is 326 g/mol. The number of imidazole rings is 1. The number of hydrogen-bond donors (Lipinski definition) is 1. The zero-order chi connectivity index (χ0) is 16.4. The van der Waals surface area contributed by atoms with Gasteiger partial charge in [-0.3, -0.25) is 0 Å². The van der Waals surface area contributed by atoms with Crippen molar-refractivity contribution in [3.8, 4) is 11.6 Å². The Kier molecular flexibility index (Phi) is 4.21. The number of hydrogen-bond acceptors (Lipinski definition) is 5. The molecular formula is C18H22N4O2. The lowest BCUT2D eigenvalue weighted by Crippen LogP contribution is -2.09. The van der Waals surface area contributed by atoms with Crippen molar-refractivity contribution in [3.05, 3.63) is 30.7 Å². The first-order valence-corrected chi connectivity index (χ1v) is 8.52. The van der Waals surface area contributed by atoms with E-state index in [4.69, 9.17) is 14.1 Å². The summed E-state index contributed by atoms with van der Waals surface area (Å²) < 4.78 is 13.0. The van der Waals surface area contributed by atoms with Crippen LogP contribution in [0.15, 0.2) is 35.1 Å². The van der Waals surface area contributed by atoms with Crippen molar-refractivity contribution in [1.29, 1.82) is 0 Å². The first-order chi connectivity index (χ1) is 11.9. The lowest BCUT2D eigenvalue weighted by molar-refractivity contribution is 0.211. The molecule has 1 N–H and O–H groups in total. The quantitative estimate of drug-likeness (QED) is 0.697. The molecule has 0 aromatic carbocycles. The van der Waals surface area contributed by atoms with Gasteiger partial charge in [-0.2, -0.15) is 0 Å². The molecule has 4 rings (SSSR count). The molecule has 0 radical (unpaired) electrons. The molecule has 126 valence electrons. The number of methoxy groups -OCH3 is 1. The predicted octanol–water partition coefficient (Wildman–Crippen LogP) is 3.86. The third-order valence-electron chi connectivity index (χ3n) is 4.63. The van der Waals surface area contributed by atoms with E-state index in [1.165, 1.54) is 25.7 Å². The van der Waals surface area contributed by atoms with Gasteiger partial charge in [-0.1, -0.05) is 12.8 Å². The van der Waals surface area contributed by atoms with E-state index < -0.39 is 0 Å². The van der Waals surface area contributed by atoms with Gasteiger partial charge in [-0.25, -0.2) is 9.97 Å². The maximum absolute atomic E-state index is 5.64. The van der Waals surface area contributed by atoms with Gasteiger partial charge in [0.2, 0.25) is 0 Å². The van der Waals surface area contributed by atoms with Gasteiger partial charge in [-0.05, 0) is 31.0 Å². The van der Waals surface area contributed by atoms with Gasteiger partial charge in [0.1, 0.15) is 5.52 Å². The Morgan fingerprint density at radius 3 is 2.96 bits per heavy atom. The van der Waals surface area contributed by atoms with Gasteiger partial charge in [0.15, 0.2) is 17.2 Å². The highest BCUT2D eigenvalue weighted by molar-refractivity contribution is 5.88. The Hall–Kier alpha value is -2.34. The fraction of sp³-hybridized carbons (Fsp3) is 0.444. The summed E-state index contributed by atoms with van der Waals surface area (Å²) in [5.74, 6) is 1.66. The second kappa shape index (κ2) is 6.65. The van der Waals surface area contributed by atoms with Gasteiger partial charge in [-0.15, -0.1) is 0 Å². The summed E-state index contributed by atoms with van der Waals surface area (Å²) in [6.07, 6.45) is 8.39. The number of fused-ring (bicyclic) bond motifs is 1. The molecule has 3 aromatic heterocycles. The lowest BCUT2D eigenvalue weighted by atomic mass is 10.2. The second-order valence-corrected chi connectivity index (χ2v) is 6.17. The third kappa shape index (κ3) is 2.67. The summed E-state index contributed by atoms with van der Waals surface area (Å²) in [5.41, 5.74) is 2.81. The van der Waals surface area contributed by atoms with Crippen LogP contribution in [-0.2, 0) is 4.74 Å². The van der Waals surface area contributed by atoms with E-state index in [1.807, 2.05) is 24.4 Å². The van der Waals surface area contributed by atoms with Gasteiger partial charge in [0, 0.05) is 25.9 Å². The fourth-order valence-corrected chi connectivity index (χ4v) is 3.51. The van der Waals surface area contributed by atoms with Crippen LogP contribution in [0.25, 0.3) is 22.7 Å². The zero-order valence-corrected chi connectivity index (χ0v) is 13.9. The third-order valence-corrected chi connectivity index (χ3v) is 4.63. The van der Waals surface area contributed by atoms with Crippen LogP contribution in [0.4, 0.5) is 5.69 Å². The van der Waals surface area contributed by atoms with E-state index in [9.17, 15) is 0 Å². The van der Waals surface area contributed by atoms with Crippen LogP contribution in [0.1, 0.15) is 31.7 Å². The lowest BCUT2D eigenvalue weighted by Gasteiger charge is -2.14. The fourth-order valence-electron chi connectivity index (χ4n) is 3.51. The van der Waals surface area contributed by atoms with Crippen LogP contribution in [0, 0.1) is 0 Å². The topological polar surface area (TPSA) is 65.1 Å². The van der Waals surface area contributed by atoms with Crippen LogP contribution in [0.3, 0.4) is 0 Å². The van der Waals surface area contributed by atoms with Crippen molar-refractivity contribution >= 4 is 16.9 Å². The van der Waals surface area contributed by atoms with Crippen LogP contribution < -0.4 is 5.32 Å². The van der Waals surface area contributed by atoms with Gasteiger partial charge >= 0.3 is 0 Å². The Bertz CT molecular complexity index is 804. The average molecular weight is 326 g/mol. The number of ether oxygens (including phenoxy) is 1. The summed E-state index contributed by atoms with van der Waals surface area (Å²) in [4.78, 5) is 9.51. The van der Waals surface area contributed by atoms with E-state index in [1.54, 1.807) is 13.4 Å². The summed E-state index contributed by atoms with van der Waals surface area (Å²) >= 11 is 0. The number of pyridine rings is 1. The molecule has 0 spiro atoms. The Balaban J connectivity index is 1.83. The summed E-state index contributed by atoms with van der Waals surface area (Å²) in [6, 6.07) is 6.27. The minimum atomic E-state index is 0.442. The number of furan rings is 1. The van der Waals surface area contributed by atoms with E-state index in [0.29, 0.717) is 12.6 Å². The van der Waals surface area contributed by atoms with Crippen molar-refractivity contribution in [3.63, 3.8) is 0 Å². The minimum absolute atomic E-state index is 0.442. The molecule has 0 aliphatic heterocycles. The average Bonchev–Trinajstić information content (AvgIpc) is 3.34. The first-order valence-electron chi connectivity index (χ1n) is 8.52. The highest BCUT2D eigenvalue weighted by Crippen LogP contribution is 2.37. The van der Waals surface area contributed by atoms with Crippen molar-refractivity contribution in [2.24, 2.45) is 0 Å². The largest absolute Gasteiger partial charge is 0.461 e. The smallest absolute Gasteiger partial charge is 0.178 e. The Labute approximate surface area is 140 Å². The van der Waals surface area contributed by atoms with E-state index in [2.05, 4.69) is 14.9 Å². The molecule has 1 aliphatic rings. The minimum Gasteiger partial charge on any atom is -0.461 e. The normalized spacial score (nSPS) is 15.4. The summed E-state index contributed by atoms with van der Waals surface area (Å²) in [5, 5.41) is 3.39. The molecule has 0 amide bonds. The maximum Gasteiger partial charge on any atom is 0.178 e. The highest BCUT2D eigenvalue weighted by atomic mass is 16.5. The molecular weight excluding hydrogens is 304 g/mol. The van der Waals surface area contributed by atoms with E-state index in [0.717, 1.165) is 35.0 Å². The Morgan fingerprint density at radius 1 is 1.33 bits per heavy atom. The Morgan fingerprint density at radius 2 is 2.21 bits per heavy atom. The molecule has 6 heteroatoms. The predicted molar refractivity (Wildman–Crippen MR) is 93.1 cm³/mol. The summed E-state index contributed by atoms with van der Waals surface area (Å²) in [6.45, 7) is 1.39. The number of nitrogens with one attached hydrogen (secondary N) is 1. The van der Waals surface area contributed by atoms with Crippen molar-refractivity contribution in [1.82, 2.24) is 14.5 Å². The molecule has 3 aromatic rings. The first kappa shape index (κ1) is 15.2. The molecule has 0 bridgehead atoms. The molecule has 1 fully saturated rings. The highest BCUT2D eigenvalue weighted by Gasteiger charge is 2.26. The van der Waals surface area contributed by atoms with Crippen LogP contribution >= 0.6 is 0 Å². The molecule has 1 aliphatic carbocycles. The molecule has 3 heterocycles. The molecule has 6 nitrogen and oxygen atoms in total. The van der Waals surface area contributed by atoms with Gasteiger partial charge in [0.05, 0.1) is 18.6 Å². The van der Waals surface area contributed by atoms with Crippen LogP contribution in [0.2, 0.25) is 0 Å². The number of rotatable bonds is 6. The SMILES string of the molecule is COCCNc1ccnc2c1nc(-c1ccco1)n2C1CCCC1. The van der Waals surface area contributed by atoms with Gasteiger partial charge in [0.25, 0.3) is 0 Å². The molecule has 24 heavy (non-hydrogen) atoms. The van der Waals surface area contributed by atoms with Crippen LogP contribution in [0.5, 0.6) is 0 Å². The molecule has 0 unspecified atom stereocenters. The van der Waals surface area contributed by atoms with Crippen LogP contribution in [-0.4, -0.2) is 34.8 Å². The molecule has 0 atom stereocenters. The van der Waals surface area contributed by atoms with Crippen molar-refractivity contribution < 1.29 is 9.15 Å². The van der Waals surface area contributed by atoms with Crippen molar-refractivity contribution in [2.75, 3.05) is 25.6 Å². The zero-order valence-electron chi connectivity index (χ0n) is 13.9. The van der Waals surface area contributed by atoms with E-state index >= 15 is 0 Å².